The van der Waals surface area contributed by atoms with Gasteiger partial charge in [0.15, 0.2) is 0 Å². The first kappa shape index (κ1) is 11.8. The van der Waals surface area contributed by atoms with Crippen LogP contribution in [0.3, 0.4) is 0 Å². The Labute approximate surface area is 111 Å². The predicted octanol–water partition coefficient (Wildman–Crippen LogP) is 2.14. The molecule has 4 heteroatoms. The van der Waals surface area contributed by atoms with Gasteiger partial charge in [-0.05, 0) is 36.6 Å². The minimum atomic E-state index is -0.0358. The SMILES string of the molecule is Cc1cnc2c(c1)CC(C(=O)Nc1ccccn1)C2. The predicted molar refractivity (Wildman–Crippen MR) is 72.7 cm³/mol. The fourth-order valence-electron chi connectivity index (χ4n) is 2.44. The second-order valence-corrected chi connectivity index (χ2v) is 4.93. The van der Waals surface area contributed by atoms with E-state index in [4.69, 9.17) is 0 Å². The molecule has 0 bridgehead atoms. The summed E-state index contributed by atoms with van der Waals surface area (Å²) in [7, 11) is 0. The van der Waals surface area contributed by atoms with E-state index in [1.165, 1.54) is 5.56 Å². The molecule has 19 heavy (non-hydrogen) atoms. The number of rotatable bonds is 2. The number of fused-ring (bicyclic) bond motifs is 1. The lowest BCUT2D eigenvalue weighted by molar-refractivity contribution is -0.119. The summed E-state index contributed by atoms with van der Waals surface area (Å²) in [6.45, 7) is 2.02. The van der Waals surface area contributed by atoms with Gasteiger partial charge in [0.2, 0.25) is 5.91 Å². The standard InChI is InChI=1S/C15H15N3O/c1-10-6-11-7-12(8-13(11)17-9-10)15(19)18-14-4-2-3-5-16-14/h2-6,9,12H,7-8H2,1H3,(H,16,18,19). The van der Waals surface area contributed by atoms with E-state index >= 15 is 0 Å². The summed E-state index contributed by atoms with van der Waals surface area (Å²) in [5.41, 5.74) is 3.39. The van der Waals surface area contributed by atoms with Crippen LogP contribution in [0.4, 0.5) is 5.82 Å². The number of carbonyl (C=O) groups is 1. The lowest BCUT2D eigenvalue weighted by Gasteiger charge is -2.09. The molecule has 0 saturated heterocycles. The number of nitrogens with one attached hydrogen (secondary N) is 1. The maximum absolute atomic E-state index is 12.2. The van der Waals surface area contributed by atoms with Gasteiger partial charge >= 0.3 is 0 Å². The van der Waals surface area contributed by atoms with Gasteiger partial charge in [-0.3, -0.25) is 9.78 Å². The molecule has 0 saturated carbocycles. The van der Waals surface area contributed by atoms with Crippen LogP contribution in [0.2, 0.25) is 0 Å². The number of aryl methyl sites for hydroxylation is 1. The van der Waals surface area contributed by atoms with E-state index in [0.29, 0.717) is 12.2 Å². The normalized spacial score (nSPS) is 17.0. The van der Waals surface area contributed by atoms with Gasteiger partial charge in [0.05, 0.1) is 0 Å². The molecule has 1 aliphatic carbocycles. The maximum Gasteiger partial charge on any atom is 0.229 e. The fraction of sp³-hybridized carbons (Fsp3) is 0.267. The second-order valence-electron chi connectivity index (χ2n) is 4.93. The number of hydrogen-bond donors (Lipinski definition) is 1. The average molecular weight is 253 g/mol. The Morgan fingerprint density at radius 2 is 2.21 bits per heavy atom. The van der Waals surface area contributed by atoms with Gasteiger partial charge in [-0.25, -0.2) is 4.98 Å². The third-order valence-electron chi connectivity index (χ3n) is 3.39. The van der Waals surface area contributed by atoms with Gasteiger partial charge in [0.1, 0.15) is 5.82 Å². The number of pyridine rings is 2. The van der Waals surface area contributed by atoms with E-state index in [9.17, 15) is 4.79 Å². The van der Waals surface area contributed by atoms with Crippen molar-refractivity contribution in [2.45, 2.75) is 19.8 Å². The quantitative estimate of drug-likeness (QED) is 0.892. The Hall–Kier alpha value is -2.23. The first-order chi connectivity index (χ1) is 9.22. The summed E-state index contributed by atoms with van der Waals surface area (Å²) >= 11 is 0. The van der Waals surface area contributed by atoms with Gasteiger partial charge in [0.25, 0.3) is 0 Å². The zero-order valence-corrected chi connectivity index (χ0v) is 10.8. The summed E-state index contributed by atoms with van der Waals surface area (Å²) in [5.74, 6) is 0.591. The monoisotopic (exact) mass is 253 g/mol. The summed E-state index contributed by atoms with van der Waals surface area (Å²) in [6, 6.07) is 7.60. The number of nitrogens with zero attached hydrogens (tertiary/aromatic N) is 2. The molecule has 1 N–H and O–H groups in total. The van der Waals surface area contributed by atoms with Crippen molar-refractivity contribution in [3.8, 4) is 0 Å². The molecule has 0 spiro atoms. The highest BCUT2D eigenvalue weighted by atomic mass is 16.1. The molecule has 0 aliphatic heterocycles. The Kier molecular flexibility index (Phi) is 2.99. The molecule has 2 aromatic rings. The highest BCUT2D eigenvalue weighted by molar-refractivity contribution is 5.92. The van der Waals surface area contributed by atoms with E-state index < -0.39 is 0 Å². The van der Waals surface area contributed by atoms with Gasteiger partial charge in [-0.1, -0.05) is 12.1 Å². The first-order valence-corrected chi connectivity index (χ1v) is 6.38. The minimum absolute atomic E-state index is 0.0225. The van der Waals surface area contributed by atoms with Crippen LogP contribution in [0.5, 0.6) is 0 Å². The Morgan fingerprint density at radius 1 is 1.32 bits per heavy atom. The first-order valence-electron chi connectivity index (χ1n) is 6.38. The lowest BCUT2D eigenvalue weighted by atomic mass is 10.1. The van der Waals surface area contributed by atoms with E-state index in [1.54, 1.807) is 12.3 Å². The van der Waals surface area contributed by atoms with E-state index in [-0.39, 0.29) is 11.8 Å². The largest absolute Gasteiger partial charge is 0.310 e. The van der Waals surface area contributed by atoms with E-state index in [2.05, 4.69) is 21.4 Å². The van der Waals surface area contributed by atoms with Crippen LogP contribution in [0.15, 0.2) is 36.7 Å². The van der Waals surface area contributed by atoms with Gasteiger partial charge in [-0.2, -0.15) is 0 Å². The molecule has 0 radical (unpaired) electrons. The molecular weight excluding hydrogens is 238 g/mol. The van der Waals surface area contributed by atoms with Crippen LogP contribution in [0.25, 0.3) is 0 Å². The van der Waals surface area contributed by atoms with Crippen molar-refractivity contribution in [2.24, 2.45) is 5.92 Å². The van der Waals surface area contributed by atoms with E-state index in [1.807, 2.05) is 25.3 Å². The summed E-state index contributed by atoms with van der Waals surface area (Å²) in [4.78, 5) is 20.7. The van der Waals surface area contributed by atoms with Gasteiger partial charge in [0, 0.05) is 30.4 Å². The van der Waals surface area contributed by atoms with Crippen molar-refractivity contribution in [1.29, 1.82) is 0 Å². The smallest absolute Gasteiger partial charge is 0.229 e. The zero-order valence-electron chi connectivity index (χ0n) is 10.8. The second kappa shape index (κ2) is 4.80. The van der Waals surface area contributed by atoms with Crippen LogP contribution in [-0.4, -0.2) is 15.9 Å². The molecule has 1 amide bonds. The number of aromatic nitrogens is 2. The number of anilines is 1. The van der Waals surface area contributed by atoms with Crippen molar-refractivity contribution in [3.05, 3.63) is 53.5 Å². The highest BCUT2D eigenvalue weighted by Gasteiger charge is 2.28. The number of hydrogen-bond acceptors (Lipinski definition) is 3. The molecule has 1 aliphatic rings. The van der Waals surface area contributed by atoms with Gasteiger partial charge < -0.3 is 5.32 Å². The van der Waals surface area contributed by atoms with Crippen molar-refractivity contribution < 1.29 is 4.79 Å². The van der Waals surface area contributed by atoms with Crippen LogP contribution in [-0.2, 0) is 17.6 Å². The minimum Gasteiger partial charge on any atom is -0.310 e. The zero-order chi connectivity index (χ0) is 13.2. The molecule has 4 nitrogen and oxygen atoms in total. The van der Waals surface area contributed by atoms with Crippen LogP contribution >= 0.6 is 0 Å². The van der Waals surface area contributed by atoms with Gasteiger partial charge in [-0.15, -0.1) is 0 Å². The molecule has 2 heterocycles. The van der Waals surface area contributed by atoms with Crippen LogP contribution in [0, 0.1) is 12.8 Å². The molecule has 96 valence electrons. The maximum atomic E-state index is 12.2. The molecule has 1 atom stereocenters. The summed E-state index contributed by atoms with van der Waals surface area (Å²) < 4.78 is 0. The third kappa shape index (κ3) is 2.47. The Bertz CT molecular complexity index is 610. The van der Waals surface area contributed by atoms with Crippen LogP contribution < -0.4 is 5.32 Å². The molecule has 3 rings (SSSR count). The number of amides is 1. The van der Waals surface area contributed by atoms with Crippen molar-refractivity contribution >= 4 is 11.7 Å². The van der Waals surface area contributed by atoms with Crippen molar-refractivity contribution in [3.63, 3.8) is 0 Å². The Morgan fingerprint density at radius 3 is 3.00 bits per heavy atom. The van der Waals surface area contributed by atoms with E-state index in [0.717, 1.165) is 17.7 Å². The topological polar surface area (TPSA) is 54.9 Å². The Balaban J connectivity index is 1.71. The molecule has 0 aromatic carbocycles. The molecule has 2 aromatic heterocycles. The fourth-order valence-corrected chi connectivity index (χ4v) is 2.44. The molecular formula is C15H15N3O. The summed E-state index contributed by atoms with van der Waals surface area (Å²) in [6.07, 6.45) is 5.01. The van der Waals surface area contributed by atoms with Crippen LogP contribution in [0.1, 0.15) is 16.8 Å². The average Bonchev–Trinajstić information content (AvgIpc) is 2.83. The molecule has 1 unspecified atom stereocenters. The number of carbonyl (C=O) groups excluding carboxylic acids is 1. The third-order valence-corrected chi connectivity index (χ3v) is 3.39. The summed E-state index contributed by atoms with van der Waals surface area (Å²) in [5, 5.41) is 2.86. The highest BCUT2D eigenvalue weighted by Crippen LogP contribution is 2.26. The lowest BCUT2D eigenvalue weighted by Crippen LogP contribution is -2.23. The molecule has 0 fully saturated rings. The van der Waals surface area contributed by atoms with Crippen molar-refractivity contribution in [1.82, 2.24) is 9.97 Å². The van der Waals surface area contributed by atoms with Crippen molar-refractivity contribution in [2.75, 3.05) is 5.32 Å².